The summed E-state index contributed by atoms with van der Waals surface area (Å²) in [5.41, 5.74) is 1.24. The van der Waals surface area contributed by atoms with Gasteiger partial charge in [0.15, 0.2) is 0 Å². The van der Waals surface area contributed by atoms with E-state index in [4.69, 9.17) is 11.6 Å². The van der Waals surface area contributed by atoms with Crippen LogP contribution >= 0.6 is 11.6 Å². The van der Waals surface area contributed by atoms with Crippen LogP contribution in [-0.2, 0) is 20.0 Å². The van der Waals surface area contributed by atoms with Crippen LogP contribution in [0, 0.1) is 6.92 Å². The third kappa shape index (κ3) is 4.46. The fourth-order valence-electron chi connectivity index (χ4n) is 2.44. The Morgan fingerprint density at radius 3 is 1.89 bits per heavy atom. The van der Waals surface area contributed by atoms with E-state index in [-0.39, 0.29) is 15.5 Å². The van der Waals surface area contributed by atoms with Gasteiger partial charge in [0.25, 0.3) is 20.0 Å². The molecule has 0 atom stereocenters. The van der Waals surface area contributed by atoms with Crippen LogP contribution in [0.5, 0.6) is 0 Å². The number of rotatable bonds is 6. The lowest BCUT2D eigenvalue weighted by Crippen LogP contribution is -2.15. The monoisotopic (exact) mass is 436 g/mol. The molecule has 2 N–H and O–H groups in total. The van der Waals surface area contributed by atoms with Crippen LogP contribution in [0.2, 0.25) is 5.02 Å². The van der Waals surface area contributed by atoms with E-state index in [2.05, 4.69) is 9.44 Å². The Morgan fingerprint density at radius 2 is 1.25 bits per heavy atom. The molecule has 146 valence electrons. The smallest absolute Gasteiger partial charge is 0.261 e. The van der Waals surface area contributed by atoms with Crippen LogP contribution in [0.3, 0.4) is 0 Å². The van der Waals surface area contributed by atoms with Crippen molar-refractivity contribution >= 4 is 43.0 Å². The zero-order valence-corrected chi connectivity index (χ0v) is 17.1. The average Bonchev–Trinajstić information content (AvgIpc) is 2.66. The molecule has 0 bridgehead atoms. The van der Waals surface area contributed by atoms with Crippen molar-refractivity contribution < 1.29 is 16.8 Å². The number of hydrogen-bond donors (Lipinski definition) is 2. The van der Waals surface area contributed by atoms with Gasteiger partial charge in [-0.25, -0.2) is 16.8 Å². The minimum Gasteiger partial charge on any atom is -0.280 e. The number of halogens is 1. The highest BCUT2D eigenvalue weighted by Crippen LogP contribution is 2.26. The second-order valence-corrected chi connectivity index (χ2v) is 9.73. The topological polar surface area (TPSA) is 92.3 Å². The highest BCUT2D eigenvalue weighted by atomic mass is 35.5. The Balaban J connectivity index is 1.81. The first kappa shape index (κ1) is 20.2. The van der Waals surface area contributed by atoms with Gasteiger partial charge in [0, 0.05) is 10.7 Å². The summed E-state index contributed by atoms with van der Waals surface area (Å²) in [5.74, 6) is 0. The van der Waals surface area contributed by atoms with Crippen LogP contribution in [0.1, 0.15) is 5.56 Å². The molecule has 9 heteroatoms. The van der Waals surface area contributed by atoms with Crippen molar-refractivity contribution in [2.75, 3.05) is 9.44 Å². The quantitative estimate of drug-likeness (QED) is 0.604. The van der Waals surface area contributed by atoms with E-state index in [0.29, 0.717) is 16.3 Å². The summed E-state index contributed by atoms with van der Waals surface area (Å²) in [7, 11) is -7.60. The lowest BCUT2D eigenvalue weighted by molar-refractivity contribution is 0.600. The van der Waals surface area contributed by atoms with Gasteiger partial charge >= 0.3 is 0 Å². The van der Waals surface area contributed by atoms with E-state index in [1.54, 1.807) is 43.3 Å². The molecule has 0 amide bonds. The SMILES string of the molecule is Cc1c(Cl)cccc1NS(=O)(=O)c1ccc(NS(=O)(=O)c2ccccc2)cc1. The molecule has 3 aromatic rings. The van der Waals surface area contributed by atoms with Gasteiger partial charge in [-0.3, -0.25) is 9.44 Å². The van der Waals surface area contributed by atoms with Crippen molar-refractivity contribution in [1.82, 2.24) is 0 Å². The Kier molecular flexibility index (Phi) is 5.64. The largest absolute Gasteiger partial charge is 0.280 e. The van der Waals surface area contributed by atoms with Gasteiger partial charge in [-0.15, -0.1) is 0 Å². The van der Waals surface area contributed by atoms with Gasteiger partial charge < -0.3 is 0 Å². The molecule has 0 spiro atoms. The van der Waals surface area contributed by atoms with Gasteiger partial charge in [-0.05, 0) is 61.0 Å². The van der Waals surface area contributed by atoms with Crippen LogP contribution in [0.15, 0.2) is 82.6 Å². The number of benzene rings is 3. The van der Waals surface area contributed by atoms with Crippen molar-refractivity contribution in [2.45, 2.75) is 16.7 Å². The predicted octanol–water partition coefficient (Wildman–Crippen LogP) is 4.25. The highest BCUT2D eigenvalue weighted by molar-refractivity contribution is 7.93. The number of hydrogen-bond acceptors (Lipinski definition) is 4. The Bertz CT molecular complexity index is 1190. The minimum atomic E-state index is -3.85. The summed E-state index contributed by atoms with van der Waals surface area (Å²) in [5, 5.41) is 0.450. The first-order valence-corrected chi connectivity index (χ1v) is 11.5. The summed E-state index contributed by atoms with van der Waals surface area (Å²) in [6, 6.07) is 18.2. The molecule has 3 rings (SSSR count). The molecule has 0 aliphatic carbocycles. The molecule has 0 radical (unpaired) electrons. The zero-order chi connectivity index (χ0) is 20.4. The number of nitrogens with one attached hydrogen (secondary N) is 2. The van der Waals surface area contributed by atoms with Crippen molar-refractivity contribution in [3.05, 3.63) is 83.4 Å². The molecule has 3 aromatic carbocycles. The molecule has 0 heterocycles. The fourth-order valence-corrected chi connectivity index (χ4v) is 4.81. The molecule has 0 fully saturated rings. The Hall–Kier alpha value is -2.55. The highest BCUT2D eigenvalue weighted by Gasteiger charge is 2.17. The van der Waals surface area contributed by atoms with Gasteiger partial charge in [0.05, 0.1) is 15.5 Å². The van der Waals surface area contributed by atoms with E-state index in [9.17, 15) is 16.8 Å². The summed E-state index contributed by atoms with van der Waals surface area (Å²) in [4.78, 5) is 0.110. The van der Waals surface area contributed by atoms with E-state index >= 15 is 0 Å². The van der Waals surface area contributed by atoms with Gasteiger partial charge in [-0.2, -0.15) is 0 Å². The van der Waals surface area contributed by atoms with Gasteiger partial charge in [0.1, 0.15) is 0 Å². The molecular formula is C19H17ClN2O4S2. The molecular weight excluding hydrogens is 420 g/mol. The summed E-state index contributed by atoms with van der Waals surface area (Å²) < 4.78 is 54.8. The third-order valence-corrected chi connectivity index (χ3v) is 7.17. The number of sulfonamides is 2. The lowest BCUT2D eigenvalue weighted by Gasteiger charge is -2.12. The van der Waals surface area contributed by atoms with Crippen molar-refractivity contribution in [2.24, 2.45) is 0 Å². The van der Waals surface area contributed by atoms with E-state index in [0.717, 1.165) is 0 Å². The third-order valence-electron chi connectivity index (χ3n) is 3.98. The van der Waals surface area contributed by atoms with E-state index in [1.165, 1.54) is 36.4 Å². The molecule has 0 aliphatic rings. The molecule has 6 nitrogen and oxygen atoms in total. The first-order valence-electron chi connectivity index (χ1n) is 8.15. The van der Waals surface area contributed by atoms with Crippen LogP contribution in [0.25, 0.3) is 0 Å². The van der Waals surface area contributed by atoms with Gasteiger partial charge in [0.2, 0.25) is 0 Å². The predicted molar refractivity (Wildman–Crippen MR) is 111 cm³/mol. The van der Waals surface area contributed by atoms with Gasteiger partial charge in [-0.1, -0.05) is 35.9 Å². The second-order valence-electron chi connectivity index (χ2n) is 5.96. The lowest BCUT2D eigenvalue weighted by atomic mass is 10.2. The van der Waals surface area contributed by atoms with Crippen molar-refractivity contribution in [3.8, 4) is 0 Å². The van der Waals surface area contributed by atoms with Crippen LogP contribution in [-0.4, -0.2) is 16.8 Å². The van der Waals surface area contributed by atoms with Crippen molar-refractivity contribution in [3.63, 3.8) is 0 Å². The molecule has 0 saturated carbocycles. The summed E-state index contributed by atoms with van der Waals surface area (Å²) in [6.45, 7) is 1.71. The Morgan fingerprint density at radius 1 is 0.679 bits per heavy atom. The van der Waals surface area contributed by atoms with E-state index in [1.807, 2.05) is 0 Å². The zero-order valence-electron chi connectivity index (χ0n) is 14.8. The number of anilines is 2. The summed E-state index contributed by atoms with van der Waals surface area (Å²) >= 11 is 6.02. The molecule has 28 heavy (non-hydrogen) atoms. The average molecular weight is 437 g/mol. The van der Waals surface area contributed by atoms with Crippen LogP contribution in [0.4, 0.5) is 11.4 Å². The Labute approximate surface area is 169 Å². The summed E-state index contributed by atoms with van der Waals surface area (Å²) in [6.07, 6.45) is 0. The van der Waals surface area contributed by atoms with Crippen molar-refractivity contribution in [1.29, 1.82) is 0 Å². The second kappa shape index (κ2) is 7.83. The maximum Gasteiger partial charge on any atom is 0.261 e. The van der Waals surface area contributed by atoms with E-state index < -0.39 is 20.0 Å². The normalized spacial score (nSPS) is 11.8. The first-order chi connectivity index (χ1) is 13.2. The maximum atomic E-state index is 12.6. The molecule has 0 aromatic heterocycles. The standard InChI is InChI=1S/C19H17ClN2O4S2/c1-14-18(20)8-5-9-19(14)22-28(25,26)17-12-10-15(11-13-17)21-27(23,24)16-6-3-2-4-7-16/h2-13,21-22H,1H3. The molecule has 0 aliphatic heterocycles. The maximum absolute atomic E-state index is 12.6. The molecule has 0 unspecified atom stereocenters. The van der Waals surface area contributed by atoms with Crippen LogP contribution < -0.4 is 9.44 Å². The minimum absolute atomic E-state index is 0.00506. The molecule has 0 saturated heterocycles. The fraction of sp³-hybridized carbons (Fsp3) is 0.0526.